The number of hydrogen-bond acceptors (Lipinski definition) is 6. The molecule has 0 unspecified atom stereocenters. The van der Waals surface area contributed by atoms with Crippen LogP contribution >= 0.6 is 0 Å². The van der Waals surface area contributed by atoms with Crippen LogP contribution in [-0.4, -0.2) is 33.2 Å². The first-order valence-electron chi connectivity index (χ1n) is 8.43. The molecule has 8 heteroatoms. The number of allylic oxidation sites excluding steroid dienone is 1. The summed E-state index contributed by atoms with van der Waals surface area (Å²) >= 11 is 0. The summed E-state index contributed by atoms with van der Waals surface area (Å²) in [5, 5.41) is 17.8. The van der Waals surface area contributed by atoms with Crippen LogP contribution in [-0.2, 0) is 4.79 Å². The zero-order chi connectivity index (χ0) is 18.8. The summed E-state index contributed by atoms with van der Waals surface area (Å²) in [6, 6.07) is 16.4. The van der Waals surface area contributed by atoms with Gasteiger partial charge >= 0.3 is 0 Å². The summed E-state index contributed by atoms with van der Waals surface area (Å²) in [7, 11) is 1.60. The maximum atomic E-state index is 13.1. The SMILES string of the molecule is COc1ccc(NC(=O)C2=C(C)Nc3nnnn3[C@@H]2c2ccccc2)cc1. The van der Waals surface area contributed by atoms with Crippen molar-refractivity contribution in [2.75, 3.05) is 17.7 Å². The lowest BCUT2D eigenvalue weighted by Gasteiger charge is -2.28. The van der Waals surface area contributed by atoms with Crippen LogP contribution in [0.5, 0.6) is 5.75 Å². The predicted octanol–water partition coefficient (Wildman–Crippen LogP) is 2.61. The molecule has 0 saturated heterocycles. The molecule has 0 aliphatic carbocycles. The van der Waals surface area contributed by atoms with E-state index in [-0.39, 0.29) is 5.91 Å². The zero-order valence-corrected chi connectivity index (χ0v) is 14.9. The molecular weight excluding hydrogens is 344 g/mol. The lowest BCUT2D eigenvalue weighted by Crippen LogP contribution is -2.31. The Morgan fingerprint density at radius 3 is 2.59 bits per heavy atom. The number of benzene rings is 2. The predicted molar refractivity (Wildman–Crippen MR) is 100 cm³/mol. The Hall–Kier alpha value is -3.68. The fraction of sp³-hybridized carbons (Fsp3) is 0.158. The van der Waals surface area contributed by atoms with Crippen LogP contribution in [0.1, 0.15) is 18.5 Å². The lowest BCUT2D eigenvalue weighted by atomic mass is 9.95. The molecule has 1 amide bonds. The van der Waals surface area contributed by atoms with Crippen LogP contribution in [0, 0.1) is 0 Å². The first kappa shape index (κ1) is 16.8. The number of tetrazole rings is 1. The molecule has 0 bridgehead atoms. The normalized spacial score (nSPS) is 15.7. The van der Waals surface area contributed by atoms with Crippen molar-refractivity contribution >= 4 is 17.5 Å². The molecule has 0 saturated carbocycles. The van der Waals surface area contributed by atoms with Gasteiger partial charge in [0.2, 0.25) is 5.95 Å². The van der Waals surface area contributed by atoms with E-state index in [1.165, 1.54) is 0 Å². The number of carbonyl (C=O) groups is 1. The summed E-state index contributed by atoms with van der Waals surface area (Å²) in [5.74, 6) is 1.01. The quantitative estimate of drug-likeness (QED) is 0.741. The number of rotatable bonds is 4. The highest BCUT2D eigenvalue weighted by atomic mass is 16.5. The highest BCUT2D eigenvalue weighted by Gasteiger charge is 2.33. The lowest BCUT2D eigenvalue weighted by molar-refractivity contribution is -0.113. The maximum absolute atomic E-state index is 13.1. The van der Waals surface area contributed by atoms with E-state index in [4.69, 9.17) is 4.74 Å². The number of hydrogen-bond donors (Lipinski definition) is 2. The van der Waals surface area contributed by atoms with E-state index in [2.05, 4.69) is 26.2 Å². The van der Waals surface area contributed by atoms with Gasteiger partial charge in [-0.2, -0.15) is 4.68 Å². The molecule has 0 spiro atoms. The monoisotopic (exact) mass is 362 g/mol. The van der Waals surface area contributed by atoms with Gasteiger partial charge in [0.25, 0.3) is 5.91 Å². The third kappa shape index (κ3) is 3.12. The molecule has 8 nitrogen and oxygen atoms in total. The fourth-order valence-corrected chi connectivity index (χ4v) is 3.12. The van der Waals surface area contributed by atoms with Gasteiger partial charge < -0.3 is 15.4 Å². The Labute approximate surface area is 155 Å². The van der Waals surface area contributed by atoms with Gasteiger partial charge in [0, 0.05) is 11.4 Å². The summed E-state index contributed by atoms with van der Waals surface area (Å²) in [4.78, 5) is 13.1. The average Bonchev–Trinajstić information content (AvgIpc) is 3.16. The molecule has 1 aliphatic heterocycles. The molecule has 1 atom stereocenters. The van der Waals surface area contributed by atoms with Crippen LogP contribution in [0.3, 0.4) is 0 Å². The van der Waals surface area contributed by atoms with Crippen molar-refractivity contribution in [1.82, 2.24) is 20.2 Å². The molecule has 0 radical (unpaired) electrons. The number of ether oxygens (including phenoxy) is 1. The Kier molecular flexibility index (Phi) is 4.29. The van der Waals surface area contributed by atoms with Gasteiger partial charge in [-0.15, -0.1) is 0 Å². The van der Waals surface area contributed by atoms with Crippen LogP contribution in [0.25, 0.3) is 0 Å². The number of methoxy groups -OCH3 is 1. The minimum absolute atomic E-state index is 0.222. The summed E-state index contributed by atoms with van der Waals surface area (Å²) in [6.07, 6.45) is 0. The van der Waals surface area contributed by atoms with Gasteiger partial charge in [0.15, 0.2) is 0 Å². The van der Waals surface area contributed by atoms with E-state index < -0.39 is 6.04 Å². The van der Waals surface area contributed by atoms with Crippen LogP contribution in [0.15, 0.2) is 65.9 Å². The van der Waals surface area contributed by atoms with E-state index in [1.54, 1.807) is 36.1 Å². The Bertz CT molecular complexity index is 995. The summed E-state index contributed by atoms with van der Waals surface area (Å²) in [5.41, 5.74) is 2.86. The molecule has 1 aliphatic rings. The molecule has 27 heavy (non-hydrogen) atoms. The molecule has 2 aromatic carbocycles. The minimum Gasteiger partial charge on any atom is -0.497 e. The Morgan fingerprint density at radius 2 is 1.89 bits per heavy atom. The molecule has 3 aromatic rings. The van der Waals surface area contributed by atoms with E-state index in [9.17, 15) is 4.79 Å². The van der Waals surface area contributed by atoms with Crippen molar-refractivity contribution in [2.24, 2.45) is 0 Å². The van der Waals surface area contributed by atoms with E-state index in [1.807, 2.05) is 37.3 Å². The molecule has 136 valence electrons. The van der Waals surface area contributed by atoms with Crippen molar-refractivity contribution in [3.8, 4) is 5.75 Å². The van der Waals surface area contributed by atoms with Crippen LogP contribution < -0.4 is 15.4 Å². The van der Waals surface area contributed by atoms with Crippen molar-refractivity contribution in [1.29, 1.82) is 0 Å². The molecular formula is C19H18N6O2. The van der Waals surface area contributed by atoms with E-state index >= 15 is 0 Å². The van der Waals surface area contributed by atoms with Crippen molar-refractivity contribution < 1.29 is 9.53 Å². The van der Waals surface area contributed by atoms with Gasteiger partial charge in [-0.05, 0) is 47.2 Å². The van der Waals surface area contributed by atoms with Crippen molar-refractivity contribution in [3.63, 3.8) is 0 Å². The van der Waals surface area contributed by atoms with E-state index in [0.717, 1.165) is 11.3 Å². The van der Waals surface area contributed by atoms with Crippen LogP contribution in [0.2, 0.25) is 0 Å². The van der Waals surface area contributed by atoms with Crippen molar-refractivity contribution in [3.05, 3.63) is 71.4 Å². The number of nitrogens with zero attached hydrogens (tertiary/aromatic N) is 4. The summed E-state index contributed by atoms with van der Waals surface area (Å²) < 4.78 is 6.77. The highest BCUT2D eigenvalue weighted by molar-refractivity contribution is 6.06. The second-order valence-electron chi connectivity index (χ2n) is 6.11. The van der Waals surface area contributed by atoms with Gasteiger partial charge in [0.05, 0.1) is 12.7 Å². The maximum Gasteiger partial charge on any atom is 0.255 e. The molecule has 2 heterocycles. The number of amides is 1. The highest BCUT2D eigenvalue weighted by Crippen LogP contribution is 2.34. The topological polar surface area (TPSA) is 94.0 Å². The van der Waals surface area contributed by atoms with E-state index in [0.29, 0.717) is 22.9 Å². The smallest absolute Gasteiger partial charge is 0.255 e. The molecule has 1 aromatic heterocycles. The standard InChI is InChI=1S/C19H18N6O2/c1-12-16(18(26)21-14-8-10-15(27-2)11-9-14)17(13-6-4-3-5-7-13)25-19(20-12)22-23-24-25/h3-11,17H,1-2H3,(H,21,26)(H,20,22,24)/t17-/m1/s1. The van der Waals surface area contributed by atoms with Gasteiger partial charge in [-0.1, -0.05) is 35.4 Å². The van der Waals surface area contributed by atoms with Gasteiger partial charge in [-0.3, -0.25) is 4.79 Å². The zero-order valence-electron chi connectivity index (χ0n) is 14.9. The number of nitrogens with one attached hydrogen (secondary N) is 2. The number of fused-ring (bicyclic) bond motifs is 1. The first-order chi connectivity index (χ1) is 13.2. The van der Waals surface area contributed by atoms with Gasteiger partial charge in [-0.25, -0.2) is 0 Å². The molecule has 0 fully saturated rings. The van der Waals surface area contributed by atoms with Crippen molar-refractivity contribution in [2.45, 2.75) is 13.0 Å². The molecule has 2 N–H and O–H groups in total. The number of aromatic nitrogens is 4. The molecule has 4 rings (SSSR count). The second-order valence-corrected chi connectivity index (χ2v) is 6.11. The second kappa shape index (κ2) is 6.91. The minimum atomic E-state index is -0.421. The Morgan fingerprint density at radius 1 is 1.15 bits per heavy atom. The average molecular weight is 362 g/mol. The number of carbonyl (C=O) groups excluding carboxylic acids is 1. The van der Waals surface area contributed by atoms with Crippen LogP contribution in [0.4, 0.5) is 11.6 Å². The third-order valence-corrected chi connectivity index (χ3v) is 4.42. The summed E-state index contributed by atoms with van der Waals surface area (Å²) in [6.45, 7) is 1.84. The first-order valence-corrected chi connectivity index (χ1v) is 8.43. The van der Waals surface area contributed by atoms with Gasteiger partial charge in [0.1, 0.15) is 11.8 Å². The Balaban J connectivity index is 1.70. The largest absolute Gasteiger partial charge is 0.497 e. The number of anilines is 2. The third-order valence-electron chi connectivity index (χ3n) is 4.42. The fourth-order valence-electron chi connectivity index (χ4n) is 3.12.